The minimum absolute atomic E-state index is 0.0733. The zero-order valence-electron chi connectivity index (χ0n) is 8.43. The van der Waals surface area contributed by atoms with Crippen molar-refractivity contribution < 1.29 is 9.50 Å². The monoisotopic (exact) mass is 211 g/mol. The van der Waals surface area contributed by atoms with Gasteiger partial charge in [-0.05, 0) is 19.3 Å². The van der Waals surface area contributed by atoms with E-state index in [9.17, 15) is 9.50 Å². The van der Waals surface area contributed by atoms with Crippen LogP contribution in [0.1, 0.15) is 19.3 Å². The van der Waals surface area contributed by atoms with Crippen LogP contribution in [0.4, 0.5) is 10.3 Å². The van der Waals surface area contributed by atoms with Gasteiger partial charge in [0.2, 0.25) is 5.95 Å². The van der Waals surface area contributed by atoms with Gasteiger partial charge in [-0.3, -0.25) is 0 Å². The second kappa shape index (κ2) is 4.53. The number of piperidine rings is 1. The summed E-state index contributed by atoms with van der Waals surface area (Å²) in [6.45, 7) is 0.928. The summed E-state index contributed by atoms with van der Waals surface area (Å²) in [5.41, 5.74) is 0. The molecule has 1 aliphatic heterocycles. The quantitative estimate of drug-likeness (QED) is 0.791. The Balaban J connectivity index is 2.16. The largest absolute Gasteiger partial charge is 0.394 e. The number of anilines is 1. The number of aliphatic hydroxyl groups is 1. The van der Waals surface area contributed by atoms with E-state index in [1.165, 1.54) is 0 Å². The Hall–Kier alpha value is -1.23. The molecule has 0 spiro atoms. The highest BCUT2D eigenvalue weighted by atomic mass is 19.1. The van der Waals surface area contributed by atoms with E-state index in [0.29, 0.717) is 5.95 Å². The van der Waals surface area contributed by atoms with Gasteiger partial charge in [-0.15, -0.1) is 0 Å². The topological polar surface area (TPSA) is 49.2 Å². The summed E-state index contributed by atoms with van der Waals surface area (Å²) >= 11 is 0. The van der Waals surface area contributed by atoms with E-state index in [4.69, 9.17) is 0 Å². The zero-order valence-corrected chi connectivity index (χ0v) is 8.43. The molecule has 1 aliphatic rings. The maximum atomic E-state index is 12.6. The van der Waals surface area contributed by atoms with Gasteiger partial charge in [0.25, 0.3) is 0 Å². The van der Waals surface area contributed by atoms with Gasteiger partial charge in [0.05, 0.1) is 25.0 Å². The van der Waals surface area contributed by atoms with Gasteiger partial charge < -0.3 is 10.0 Å². The van der Waals surface area contributed by atoms with Crippen LogP contribution in [-0.2, 0) is 0 Å². The van der Waals surface area contributed by atoms with Crippen molar-refractivity contribution in [2.75, 3.05) is 18.1 Å². The third-order valence-corrected chi connectivity index (χ3v) is 2.70. The molecule has 0 radical (unpaired) electrons. The number of hydrogen-bond donors (Lipinski definition) is 1. The zero-order chi connectivity index (χ0) is 10.7. The summed E-state index contributed by atoms with van der Waals surface area (Å²) in [4.78, 5) is 9.81. The molecule has 15 heavy (non-hydrogen) atoms. The summed E-state index contributed by atoms with van der Waals surface area (Å²) in [6, 6.07) is 0.0733. The number of halogens is 1. The average Bonchev–Trinajstić information content (AvgIpc) is 2.30. The molecule has 0 amide bonds. The van der Waals surface area contributed by atoms with E-state index < -0.39 is 5.82 Å². The first-order chi connectivity index (χ1) is 7.31. The molecule has 2 heterocycles. The molecule has 0 aliphatic carbocycles. The fraction of sp³-hybridized carbons (Fsp3) is 0.600. The van der Waals surface area contributed by atoms with Crippen molar-refractivity contribution in [3.63, 3.8) is 0 Å². The van der Waals surface area contributed by atoms with Crippen molar-refractivity contribution in [3.8, 4) is 0 Å². The van der Waals surface area contributed by atoms with Gasteiger partial charge in [-0.2, -0.15) is 0 Å². The highest BCUT2D eigenvalue weighted by Crippen LogP contribution is 2.20. The van der Waals surface area contributed by atoms with Gasteiger partial charge in [-0.1, -0.05) is 0 Å². The maximum absolute atomic E-state index is 12.6. The van der Waals surface area contributed by atoms with Crippen LogP contribution < -0.4 is 4.90 Å². The van der Waals surface area contributed by atoms with E-state index in [1.807, 2.05) is 4.90 Å². The van der Waals surface area contributed by atoms with E-state index >= 15 is 0 Å². The van der Waals surface area contributed by atoms with Crippen molar-refractivity contribution in [2.24, 2.45) is 0 Å². The van der Waals surface area contributed by atoms with Gasteiger partial charge in [0.1, 0.15) is 0 Å². The van der Waals surface area contributed by atoms with Crippen molar-refractivity contribution in [1.82, 2.24) is 9.97 Å². The SMILES string of the molecule is OC[C@H]1CCCCN1c1ncc(F)cn1. The molecule has 0 bridgehead atoms. The average molecular weight is 211 g/mol. The van der Waals surface area contributed by atoms with E-state index in [1.54, 1.807) is 0 Å². The molecule has 82 valence electrons. The maximum Gasteiger partial charge on any atom is 0.225 e. The van der Waals surface area contributed by atoms with Crippen LogP contribution in [0.25, 0.3) is 0 Å². The molecular weight excluding hydrogens is 197 g/mol. The molecule has 4 nitrogen and oxygen atoms in total. The fourth-order valence-corrected chi connectivity index (χ4v) is 1.91. The lowest BCUT2D eigenvalue weighted by molar-refractivity contribution is 0.238. The Morgan fingerprint density at radius 1 is 1.40 bits per heavy atom. The first kappa shape index (κ1) is 10.3. The van der Waals surface area contributed by atoms with Crippen molar-refractivity contribution in [3.05, 3.63) is 18.2 Å². The molecule has 1 saturated heterocycles. The first-order valence-corrected chi connectivity index (χ1v) is 5.16. The van der Waals surface area contributed by atoms with Crippen LogP contribution >= 0.6 is 0 Å². The minimum Gasteiger partial charge on any atom is -0.394 e. The Kier molecular flexibility index (Phi) is 3.11. The van der Waals surface area contributed by atoms with Gasteiger partial charge >= 0.3 is 0 Å². The van der Waals surface area contributed by atoms with E-state index in [-0.39, 0.29) is 12.6 Å². The molecule has 0 saturated carbocycles. The Bertz CT molecular complexity index is 317. The Morgan fingerprint density at radius 2 is 2.13 bits per heavy atom. The number of nitrogens with zero attached hydrogens (tertiary/aromatic N) is 3. The van der Waals surface area contributed by atoms with E-state index in [0.717, 1.165) is 38.2 Å². The molecule has 5 heteroatoms. The molecule has 1 fully saturated rings. The second-order valence-electron chi connectivity index (χ2n) is 3.73. The Labute approximate surface area is 87.8 Å². The lowest BCUT2D eigenvalue weighted by Crippen LogP contribution is -2.42. The number of hydrogen-bond acceptors (Lipinski definition) is 4. The van der Waals surface area contributed by atoms with Crippen molar-refractivity contribution in [1.29, 1.82) is 0 Å². The van der Waals surface area contributed by atoms with Gasteiger partial charge in [0, 0.05) is 6.54 Å². The van der Waals surface area contributed by atoms with Crippen molar-refractivity contribution in [2.45, 2.75) is 25.3 Å². The highest BCUT2D eigenvalue weighted by molar-refractivity contribution is 5.31. The predicted octanol–water partition coefficient (Wildman–Crippen LogP) is 0.967. The molecular formula is C10H14FN3O. The summed E-state index contributed by atoms with van der Waals surface area (Å²) in [6.07, 6.45) is 5.44. The smallest absolute Gasteiger partial charge is 0.225 e. The summed E-state index contributed by atoms with van der Waals surface area (Å²) < 4.78 is 12.6. The first-order valence-electron chi connectivity index (χ1n) is 5.16. The molecule has 0 aromatic carbocycles. The van der Waals surface area contributed by atoms with Crippen LogP contribution in [-0.4, -0.2) is 34.3 Å². The van der Waals surface area contributed by atoms with Crippen LogP contribution in [0.2, 0.25) is 0 Å². The molecule has 1 aromatic heterocycles. The fourth-order valence-electron chi connectivity index (χ4n) is 1.91. The van der Waals surface area contributed by atoms with Crippen LogP contribution in [0.5, 0.6) is 0 Å². The molecule has 1 N–H and O–H groups in total. The Morgan fingerprint density at radius 3 is 2.80 bits per heavy atom. The normalized spacial score (nSPS) is 21.7. The van der Waals surface area contributed by atoms with Crippen molar-refractivity contribution >= 4 is 5.95 Å². The summed E-state index contributed by atoms with van der Waals surface area (Å²) in [7, 11) is 0. The molecule has 1 atom stereocenters. The number of aromatic nitrogens is 2. The minimum atomic E-state index is -0.434. The van der Waals surface area contributed by atoms with Gasteiger partial charge in [-0.25, -0.2) is 14.4 Å². The van der Waals surface area contributed by atoms with Crippen LogP contribution in [0.3, 0.4) is 0 Å². The van der Waals surface area contributed by atoms with Crippen LogP contribution in [0, 0.1) is 5.82 Å². The van der Waals surface area contributed by atoms with Crippen LogP contribution in [0.15, 0.2) is 12.4 Å². The molecule has 2 rings (SSSR count). The molecule has 0 unspecified atom stereocenters. The third kappa shape index (κ3) is 2.23. The lowest BCUT2D eigenvalue weighted by Gasteiger charge is -2.34. The summed E-state index contributed by atoms with van der Waals surface area (Å²) in [5, 5.41) is 9.21. The molecule has 1 aromatic rings. The van der Waals surface area contributed by atoms with Gasteiger partial charge in [0.15, 0.2) is 5.82 Å². The highest BCUT2D eigenvalue weighted by Gasteiger charge is 2.23. The van der Waals surface area contributed by atoms with E-state index in [2.05, 4.69) is 9.97 Å². The second-order valence-corrected chi connectivity index (χ2v) is 3.73. The standard InChI is InChI=1S/C10H14FN3O/c11-8-5-12-10(13-6-8)14-4-2-1-3-9(14)7-15/h5-6,9,15H,1-4,7H2/t9-/m1/s1. The lowest BCUT2D eigenvalue weighted by atomic mass is 10.0. The third-order valence-electron chi connectivity index (χ3n) is 2.70. The predicted molar refractivity (Wildman–Crippen MR) is 54.1 cm³/mol. The summed E-state index contributed by atoms with van der Waals surface area (Å²) in [5.74, 6) is 0.0754. The number of rotatable bonds is 2. The number of aliphatic hydroxyl groups excluding tert-OH is 1.